The maximum absolute atomic E-state index is 13.1. The van der Waals surface area contributed by atoms with Gasteiger partial charge in [-0.05, 0) is 76.3 Å². The summed E-state index contributed by atoms with van der Waals surface area (Å²) in [7, 11) is 4.64. The highest BCUT2D eigenvalue weighted by Crippen LogP contribution is 2.40. The number of carbonyl (C=O) groups is 1. The maximum Gasteiger partial charge on any atom is 0.203 e. The van der Waals surface area contributed by atoms with Crippen molar-refractivity contribution in [3.8, 4) is 28.7 Å². The predicted octanol–water partition coefficient (Wildman–Crippen LogP) is 6.30. The summed E-state index contributed by atoms with van der Waals surface area (Å²) in [6.45, 7) is 8.81. The second-order valence-corrected chi connectivity index (χ2v) is 7.96. The van der Waals surface area contributed by atoms with Crippen molar-refractivity contribution < 1.29 is 28.5 Å². The van der Waals surface area contributed by atoms with E-state index in [1.165, 1.54) is 18.8 Å². The number of benzene rings is 2. The van der Waals surface area contributed by atoms with Crippen LogP contribution in [-0.2, 0) is 0 Å². The van der Waals surface area contributed by atoms with Crippen molar-refractivity contribution in [3.05, 3.63) is 70.8 Å². The first-order valence-electron chi connectivity index (χ1n) is 11.0. The highest BCUT2D eigenvalue weighted by molar-refractivity contribution is 6.09. The first-order valence-corrected chi connectivity index (χ1v) is 11.0. The van der Waals surface area contributed by atoms with Gasteiger partial charge in [0.25, 0.3) is 0 Å². The Kier molecular flexibility index (Phi) is 10.3. The van der Waals surface area contributed by atoms with E-state index in [1.54, 1.807) is 50.6 Å². The SMILES string of the molecule is COc1ccc(/C=C/C(=O)c2ccc(OCC=C(C)C)cc2OCC=C(C)C)c(OC)c1OC. The molecule has 0 bridgehead atoms. The largest absolute Gasteiger partial charge is 0.493 e. The molecule has 0 aliphatic rings. The van der Waals surface area contributed by atoms with Crippen LogP contribution in [0.3, 0.4) is 0 Å². The summed E-state index contributed by atoms with van der Waals surface area (Å²) in [5.41, 5.74) is 3.42. The highest BCUT2D eigenvalue weighted by atomic mass is 16.5. The highest BCUT2D eigenvalue weighted by Gasteiger charge is 2.16. The van der Waals surface area contributed by atoms with Gasteiger partial charge in [-0.15, -0.1) is 0 Å². The van der Waals surface area contributed by atoms with Crippen LogP contribution in [0.1, 0.15) is 43.6 Å². The monoisotopic (exact) mass is 466 g/mol. The minimum atomic E-state index is -0.208. The zero-order valence-electron chi connectivity index (χ0n) is 21.1. The Bertz CT molecular complexity index is 1070. The fourth-order valence-electron chi connectivity index (χ4n) is 3.03. The zero-order valence-corrected chi connectivity index (χ0v) is 21.1. The van der Waals surface area contributed by atoms with Gasteiger partial charge in [-0.2, -0.15) is 0 Å². The van der Waals surface area contributed by atoms with Gasteiger partial charge in [-0.3, -0.25) is 4.79 Å². The minimum absolute atomic E-state index is 0.208. The van der Waals surface area contributed by atoms with Crippen LogP contribution < -0.4 is 23.7 Å². The van der Waals surface area contributed by atoms with Crippen molar-refractivity contribution in [3.63, 3.8) is 0 Å². The topological polar surface area (TPSA) is 63.2 Å². The number of methoxy groups -OCH3 is 3. The number of allylic oxidation sites excluding steroid dienone is 3. The Morgan fingerprint density at radius 3 is 2.00 bits per heavy atom. The van der Waals surface area contributed by atoms with Gasteiger partial charge in [0.05, 0.1) is 26.9 Å². The fourth-order valence-corrected chi connectivity index (χ4v) is 3.03. The number of ether oxygens (including phenoxy) is 5. The van der Waals surface area contributed by atoms with Crippen molar-refractivity contribution in [2.45, 2.75) is 27.7 Å². The number of hydrogen-bond donors (Lipinski definition) is 0. The van der Waals surface area contributed by atoms with Crippen molar-refractivity contribution in [1.29, 1.82) is 0 Å². The molecule has 0 saturated carbocycles. The van der Waals surface area contributed by atoms with Gasteiger partial charge in [0.15, 0.2) is 17.3 Å². The summed E-state index contributed by atoms with van der Waals surface area (Å²) in [6, 6.07) is 8.79. The van der Waals surface area contributed by atoms with Gasteiger partial charge >= 0.3 is 0 Å². The summed E-state index contributed by atoms with van der Waals surface area (Å²) >= 11 is 0. The van der Waals surface area contributed by atoms with Gasteiger partial charge in [0, 0.05) is 11.6 Å². The van der Waals surface area contributed by atoms with Crippen LogP contribution in [0.25, 0.3) is 6.08 Å². The van der Waals surface area contributed by atoms with Crippen molar-refractivity contribution in [1.82, 2.24) is 0 Å². The zero-order chi connectivity index (χ0) is 25.1. The average Bonchev–Trinajstić information content (AvgIpc) is 2.81. The average molecular weight is 467 g/mol. The summed E-state index contributed by atoms with van der Waals surface area (Å²) in [6.07, 6.45) is 7.11. The molecule has 2 rings (SSSR count). The molecule has 34 heavy (non-hydrogen) atoms. The third-order valence-electron chi connectivity index (χ3n) is 4.84. The molecular formula is C28H34O6. The van der Waals surface area contributed by atoms with E-state index in [0.29, 0.717) is 53.1 Å². The first kappa shape index (κ1) is 26.6. The van der Waals surface area contributed by atoms with E-state index in [2.05, 4.69) is 0 Å². The molecule has 0 aliphatic heterocycles. The van der Waals surface area contributed by atoms with Crippen molar-refractivity contribution in [2.24, 2.45) is 0 Å². The van der Waals surface area contributed by atoms with E-state index in [-0.39, 0.29) is 5.78 Å². The first-order chi connectivity index (χ1) is 16.3. The minimum Gasteiger partial charge on any atom is -0.493 e. The summed E-state index contributed by atoms with van der Waals surface area (Å²) in [5.74, 6) is 2.37. The van der Waals surface area contributed by atoms with E-state index in [0.717, 1.165) is 5.57 Å². The van der Waals surface area contributed by atoms with Crippen LogP contribution in [0, 0.1) is 0 Å². The molecule has 0 radical (unpaired) electrons. The molecule has 0 fully saturated rings. The normalized spacial score (nSPS) is 10.4. The summed E-state index contributed by atoms with van der Waals surface area (Å²) < 4.78 is 27.9. The molecule has 2 aromatic carbocycles. The Morgan fingerprint density at radius 1 is 0.765 bits per heavy atom. The smallest absolute Gasteiger partial charge is 0.203 e. The molecule has 0 N–H and O–H groups in total. The quantitative estimate of drug-likeness (QED) is 0.208. The van der Waals surface area contributed by atoms with Crippen LogP contribution in [0.15, 0.2) is 59.7 Å². The van der Waals surface area contributed by atoms with Crippen molar-refractivity contribution in [2.75, 3.05) is 34.5 Å². The lowest BCUT2D eigenvalue weighted by molar-refractivity contribution is 0.104. The van der Waals surface area contributed by atoms with E-state index in [4.69, 9.17) is 23.7 Å². The predicted molar refractivity (Wildman–Crippen MR) is 136 cm³/mol. The molecule has 0 unspecified atom stereocenters. The van der Waals surface area contributed by atoms with E-state index < -0.39 is 0 Å². The number of hydrogen-bond acceptors (Lipinski definition) is 6. The standard InChI is InChI=1S/C28H34O6/c1-19(2)14-16-33-22-10-11-23(26(18-22)34-17-15-20(3)4)24(29)12-8-21-9-13-25(30-5)28(32-7)27(21)31-6/h8-15,18H,16-17H2,1-7H3/b12-8+. The Balaban J connectivity index is 2.35. The lowest BCUT2D eigenvalue weighted by Crippen LogP contribution is -2.04. The lowest BCUT2D eigenvalue weighted by atomic mass is 10.1. The molecule has 0 amide bonds. The second-order valence-electron chi connectivity index (χ2n) is 7.96. The van der Waals surface area contributed by atoms with E-state index in [9.17, 15) is 4.79 Å². The molecule has 2 aromatic rings. The molecule has 0 aromatic heterocycles. The van der Waals surface area contributed by atoms with Crippen LogP contribution in [0.2, 0.25) is 0 Å². The van der Waals surface area contributed by atoms with Crippen LogP contribution in [0.4, 0.5) is 0 Å². The summed E-state index contributed by atoms with van der Waals surface area (Å²) in [5, 5.41) is 0. The molecule has 6 nitrogen and oxygen atoms in total. The third kappa shape index (κ3) is 7.44. The Hall–Kier alpha value is -3.67. The molecule has 0 atom stereocenters. The van der Waals surface area contributed by atoms with Crippen LogP contribution in [-0.4, -0.2) is 40.3 Å². The molecular weight excluding hydrogens is 432 g/mol. The molecule has 0 heterocycles. The molecule has 0 saturated heterocycles. The van der Waals surface area contributed by atoms with Crippen LogP contribution in [0.5, 0.6) is 28.7 Å². The van der Waals surface area contributed by atoms with Gasteiger partial charge in [0.1, 0.15) is 24.7 Å². The number of carbonyl (C=O) groups excluding carboxylic acids is 1. The third-order valence-corrected chi connectivity index (χ3v) is 4.84. The maximum atomic E-state index is 13.1. The molecule has 6 heteroatoms. The molecule has 0 aliphatic carbocycles. The Morgan fingerprint density at radius 2 is 1.41 bits per heavy atom. The van der Waals surface area contributed by atoms with E-state index >= 15 is 0 Å². The van der Waals surface area contributed by atoms with Gasteiger partial charge in [-0.25, -0.2) is 0 Å². The fraction of sp³-hybridized carbons (Fsp3) is 0.321. The van der Waals surface area contributed by atoms with Crippen LogP contribution >= 0.6 is 0 Å². The summed E-state index contributed by atoms with van der Waals surface area (Å²) in [4.78, 5) is 13.1. The lowest BCUT2D eigenvalue weighted by Gasteiger charge is -2.14. The van der Waals surface area contributed by atoms with Crippen molar-refractivity contribution >= 4 is 11.9 Å². The number of rotatable bonds is 12. The molecule has 182 valence electrons. The number of ketones is 1. The van der Waals surface area contributed by atoms with Gasteiger partial charge < -0.3 is 23.7 Å². The molecule has 0 spiro atoms. The van der Waals surface area contributed by atoms with Gasteiger partial charge in [-0.1, -0.05) is 11.1 Å². The van der Waals surface area contributed by atoms with Gasteiger partial charge in [0.2, 0.25) is 5.75 Å². The Labute approximate surface area is 202 Å². The van der Waals surface area contributed by atoms with E-state index in [1.807, 2.05) is 39.8 Å². The second kappa shape index (κ2) is 13.1.